The molecule has 0 aliphatic rings. The van der Waals surface area contributed by atoms with Crippen molar-refractivity contribution in [1.29, 1.82) is 0 Å². The van der Waals surface area contributed by atoms with Crippen LogP contribution in [0.3, 0.4) is 0 Å². The second kappa shape index (κ2) is 10.6. The summed E-state index contributed by atoms with van der Waals surface area (Å²) in [4.78, 5) is 16.6. The maximum atomic E-state index is 12.0. The summed E-state index contributed by atoms with van der Waals surface area (Å²) in [5.41, 5.74) is 2.66. The Morgan fingerprint density at radius 2 is 1.77 bits per heavy atom. The molecule has 158 valence electrons. The first-order valence-corrected chi connectivity index (χ1v) is 10.1. The molecule has 0 radical (unpaired) electrons. The van der Waals surface area contributed by atoms with Crippen LogP contribution in [-0.4, -0.2) is 30.3 Å². The number of hydrogen-bond donors (Lipinski definition) is 0. The largest absolute Gasteiger partial charge is 0.487 e. The summed E-state index contributed by atoms with van der Waals surface area (Å²) in [5, 5.41) is 0. The van der Waals surface area contributed by atoms with Crippen LogP contribution in [0, 0.1) is 6.92 Å². The molecule has 0 aliphatic heterocycles. The van der Waals surface area contributed by atoms with Gasteiger partial charge >= 0.3 is 5.97 Å². The van der Waals surface area contributed by atoms with Crippen LogP contribution >= 0.6 is 0 Å². The van der Waals surface area contributed by atoms with Gasteiger partial charge in [-0.3, -0.25) is 0 Å². The highest BCUT2D eigenvalue weighted by Crippen LogP contribution is 2.23. The van der Waals surface area contributed by atoms with Crippen molar-refractivity contribution in [2.75, 3.05) is 13.2 Å². The molecule has 1 atom stereocenters. The minimum absolute atomic E-state index is 0.311. The summed E-state index contributed by atoms with van der Waals surface area (Å²) in [6.45, 7) is 6.62. The van der Waals surface area contributed by atoms with Crippen molar-refractivity contribution < 1.29 is 23.4 Å². The highest BCUT2D eigenvalue weighted by atomic mass is 16.6. The third kappa shape index (κ3) is 5.70. The van der Waals surface area contributed by atoms with Gasteiger partial charge in [0.25, 0.3) is 0 Å². The molecule has 0 amide bonds. The van der Waals surface area contributed by atoms with E-state index in [-0.39, 0.29) is 5.97 Å². The van der Waals surface area contributed by atoms with Crippen molar-refractivity contribution in [2.45, 2.75) is 39.9 Å². The number of benzene rings is 2. The minimum Gasteiger partial charge on any atom is -0.487 e. The van der Waals surface area contributed by atoms with Gasteiger partial charge < -0.3 is 18.6 Å². The van der Waals surface area contributed by atoms with Crippen LogP contribution in [-0.2, 0) is 27.3 Å². The van der Waals surface area contributed by atoms with Crippen molar-refractivity contribution in [3.63, 3.8) is 0 Å². The lowest BCUT2D eigenvalue weighted by Crippen LogP contribution is -2.28. The zero-order valence-corrected chi connectivity index (χ0v) is 17.6. The van der Waals surface area contributed by atoms with Crippen molar-refractivity contribution in [3.8, 4) is 17.2 Å². The maximum Gasteiger partial charge on any atom is 0.335 e. The van der Waals surface area contributed by atoms with Crippen LogP contribution in [0.15, 0.2) is 59.0 Å². The molecule has 0 aliphatic carbocycles. The smallest absolute Gasteiger partial charge is 0.335 e. The van der Waals surface area contributed by atoms with E-state index in [0.717, 1.165) is 22.6 Å². The Hall–Kier alpha value is -3.12. The fraction of sp³-hybridized carbons (Fsp3) is 0.333. The summed E-state index contributed by atoms with van der Waals surface area (Å²) < 4.78 is 22.2. The third-order valence-electron chi connectivity index (χ3n) is 4.55. The van der Waals surface area contributed by atoms with Gasteiger partial charge in [-0.05, 0) is 50.6 Å². The van der Waals surface area contributed by atoms with Crippen LogP contribution in [0.4, 0.5) is 0 Å². The highest BCUT2D eigenvalue weighted by molar-refractivity contribution is 5.75. The van der Waals surface area contributed by atoms with Gasteiger partial charge in [0.05, 0.1) is 6.61 Å². The first kappa shape index (κ1) is 21.6. The van der Waals surface area contributed by atoms with E-state index in [2.05, 4.69) is 4.98 Å². The molecule has 0 spiro atoms. The fourth-order valence-corrected chi connectivity index (χ4v) is 3.00. The molecule has 0 unspecified atom stereocenters. The van der Waals surface area contributed by atoms with E-state index in [1.165, 1.54) is 0 Å². The maximum absolute atomic E-state index is 12.0. The van der Waals surface area contributed by atoms with E-state index in [0.29, 0.717) is 37.9 Å². The van der Waals surface area contributed by atoms with Crippen LogP contribution < -0.4 is 4.74 Å². The van der Waals surface area contributed by atoms with Crippen LogP contribution in [0.2, 0.25) is 0 Å². The zero-order chi connectivity index (χ0) is 21.3. The number of carbonyl (C=O) groups is 1. The molecule has 0 N–H and O–H groups in total. The Labute approximate surface area is 176 Å². The normalized spacial score (nSPS) is 11.8. The number of esters is 1. The summed E-state index contributed by atoms with van der Waals surface area (Å²) in [6.07, 6.45) is -0.147. The molecule has 0 saturated heterocycles. The Balaban J connectivity index is 1.60. The lowest BCUT2D eigenvalue weighted by molar-refractivity contribution is -0.156. The Morgan fingerprint density at radius 3 is 2.43 bits per heavy atom. The SMILES string of the molecule is CCOC(=O)[C@H](Cc1ccc(OCc2nc(-c3ccccc3)oc2C)cc1)OCC. The molecule has 0 fully saturated rings. The highest BCUT2D eigenvalue weighted by Gasteiger charge is 2.20. The van der Waals surface area contributed by atoms with E-state index in [1.807, 2.05) is 68.4 Å². The fourth-order valence-electron chi connectivity index (χ4n) is 3.00. The minimum atomic E-state index is -0.601. The van der Waals surface area contributed by atoms with Gasteiger partial charge in [-0.25, -0.2) is 9.78 Å². The third-order valence-corrected chi connectivity index (χ3v) is 4.55. The molecule has 2 aromatic carbocycles. The van der Waals surface area contributed by atoms with Gasteiger partial charge in [0.1, 0.15) is 23.8 Å². The van der Waals surface area contributed by atoms with Crippen molar-refractivity contribution in [3.05, 3.63) is 71.6 Å². The average Bonchev–Trinajstić information content (AvgIpc) is 3.14. The van der Waals surface area contributed by atoms with Crippen molar-refractivity contribution in [1.82, 2.24) is 4.98 Å². The van der Waals surface area contributed by atoms with Crippen LogP contribution in [0.25, 0.3) is 11.5 Å². The molecule has 6 heteroatoms. The number of ether oxygens (including phenoxy) is 3. The van der Waals surface area contributed by atoms with Crippen molar-refractivity contribution in [2.24, 2.45) is 0 Å². The standard InChI is InChI=1S/C24H27NO5/c1-4-27-22(24(26)28-5-2)15-18-11-13-20(14-12-18)29-16-21-17(3)30-23(25-21)19-9-7-6-8-10-19/h6-14,22H,4-5,15-16H2,1-3H3/t22-/m0/s1. The monoisotopic (exact) mass is 409 g/mol. The van der Waals surface area contributed by atoms with E-state index in [9.17, 15) is 4.79 Å². The molecule has 3 aromatic rings. The second-order valence-corrected chi connectivity index (χ2v) is 6.72. The molecule has 0 bridgehead atoms. The number of oxazole rings is 1. The summed E-state index contributed by atoms with van der Waals surface area (Å²) >= 11 is 0. The molecular weight excluding hydrogens is 382 g/mol. The molecule has 6 nitrogen and oxygen atoms in total. The van der Waals surface area contributed by atoms with Crippen LogP contribution in [0.1, 0.15) is 30.9 Å². The van der Waals surface area contributed by atoms with Crippen molar-refractivity contribution >= 4 is 5.97 Å². The van der Waals surface area contributed by atoms with E-state index in [1.54, 1.807) is 6.92 Å². The topological polar surface area (TPSA) is 70.8 Å². The first-order valence-electron chi connectivity index (χ1n) is 10.1. The number of aryl methyl sites for hydroxylation is 1. The lowest BCUT2D eigenvalue weighted by atomic mass is 10.1. The molecule has 1 aromatic heterocycles. The zero-order valence-electron chi connectivity index (χ0n) is 17.6. The van der Waals surface area contributed by atoms with E-state index >= 15 is 0 Å². The van der Waals surface area contributed by atoms with Gasteiger partial charge in [-0.15, -0.1) is 0 Å². The number of carbonyl (C=O) groups excluding carboxylic acids is 1. The molecule has 0 saturated carbocycles. The number of rotatable bonds is 10. The molecular formula is C24H27NO5. The lowest BCUT2D eigenvalue weighted by Gasteiger charge is -2.15. The van der Waals surface area contributed by atoms with Gasteiger partial charge in [0.15, 0.2) is 6.10 Å². The summed E-state index contributed by atoms with van der Waals surface area (Å²) in [5.74, 6) is 1.70. The van der Waals surface area contributed by atoms with Gasteiger partial charge in [0.2, 0.25) is 5.89 Å². The molecule has 1 heterocycles. The predicted octanol–water partition coefficient (Wildman–Crippen LogP) is 4.74. The quantitative estimate of drug-likeness (QED) is 0.451. The van der Waals surface area contributed by atoms with Crippen LogP contribution in [0.5, 0.6) is 5.75 Å². The average molecular weight is 409 g/mol. The summed E-state index contributed by atoms with van der Waals surface area (Å²) in [6, 6.07) is 17.4. The van der Waals surface area contributed by atoms with Gasteiger partial charge in [0, 0.05) is 18.6 Å². The number of aromatic nitrogens is 1. The number of hydrogen-bond acceptors (Lipinski definition) is 6. The summed E-state index contributed by atoms with van der Waals surface area (Å²) in [7, 11) is 0. The second-order valence-electron chi connectivity index (χ2n) is 6.72. The molecule has 30 heavy (non-hydrogen) atoms. The van der Waals surface area contributed by atoms with Gasteiger partial charge in [-0.2, -0.15) is 0 Å². The van der Waals surface area contributed by atoms with E-state index in [4.69, 9.17) is 18.6 Å². The Morgan fingerprint density at radius 1 is 1.03 bits per heavy atom. The van der Waals surface area contributed by atoms with E-state index < -0.39 is 6.10 Å². The Bertz CT molecular complexity index is 934. The Kier molecular flexibility index (Phi) is 7.63. The predicted molar refractivity (Wildman–Crippen MR) is 113 cm³/mol. The molecule has 3 rings (SSSR count). The first-order chi connectivity index (χ1) is 14.6. The van der Waals surface area contributed by atoms with Gasteiger partial charge in [-0.1, -0.05) is 30.3 Å². The number of nitrogens with zero attached hydrogens (tertiary/aromatic N) is 1.